The van der Waals surface area contributed by atoms with Gasteiger partial charge in [-0.25, -0.2) is 4.39 Å². The van der Waals surface area contributed by atoms with Crippen LogP contribution in [0.2, 0.25) is 0 Å². The smallest absolute Gasteiger partial charge is 0.123 e. The van der Waals surface area contributed by atoms with E-state index in [2.05, 4.69) is 31.0 Å². The summed E-state index contributed by atoms with van der Waals surface area (Å²) in [6.07, 6.45) is 2.53. The lowest BCUT2D eigenvalue weighted by Gasteiger charge is -2.42. The zero-order chi connectivity index (χ0) is 14.0. The molecule has 1 aliphatic heterocycles. The van der Waals surface area contributed by atoms with Crippen LogP contribution in [0.15, 0.2) is 18.2 Å². The van der Waals surface area contributed by atoms with Crippen molar-refractivity contribution in [2.75, 3.05) is 20.1 Å². The molecule has 1 fully saturated rings. The molecule has 1 aromatic carbocycles. The summed E-state index contributed by atoms with van der Waals surface area (Å²) in [5, 5.41) is 3.40. The summed E-state index contributed by atoms with van der Waals surface area (Å²) < 4.78 is 13.6. The van der Waals surface area contributed by atoms with Crippen LogP contribution >= 0.6 is 0 Å². The van der Waals surface area contributed by atoms with Gasteiger partial charge < -0.3 is 5.32 Å². The predicted octanol–water partition coefficient (Wildman–Crippen LogP) is 3.27. The van der Waals surface area contributed by atoms with Crippen molar-refractivity contribution in [2.45, 2.75) is 45.2 Å². The van der Waals surface area contributed by atoms with E-state index in [0.717, 1.165) is 24.2 Å². The number of hydrogen-bond acceptors (Lipinski definition) is 2. The average Bonchev–Trinajstić information content (AvgIpc) is 2.88. The fourth-order valence-electron chi connectivity index (χ4n) is 3.29. The Hall–Kier alpha value is -0.930. The van der Waals surface area contributed by atoms with Crippen LogP contribution in [0.25, 0.3) is 0 Å². The number of rotatable bonds is 4. The van der Waals surface area contributed by atoms with E-state index in [4.69, 9.17) is 0 Å². The maximum absolute atomic E-state index is 13.6. The van der Waals surface area contributed by atoms with Crippen molar-refractivity contribution >= 4 is 0 Å². The van der Waals surface area contributed by atoms with Gasteiger partial charge in [-0.2, -0.15) is 0 Å². The third-order valence-electron chi connectivity index (χ3n) is 4.47. The molecule has 1 unspecified atom stereocenters. The van der Waals surface area contributed by atoms with Crippen LogP contribution in [-0.2, 0) is 0 Å². The van der Waals surface area contributed by atoms with Crippen molar-refractivity contribution in [3.8, 4) is 0 Å². The molecule has 1 atom stereocenters. The monoisotopic (exact) mass is 264 g/mol. The first-order chi connectivity index (χ1) is 8.96. The number of nitrogens with one attached hydrogen (secondary N) is 1. The highest BCUT2D eigenvalue weighted by Gasteiger charge is 2.37. The van der Waals surface area contributed by atoms with E-state index in [1.807, 2.05) is 13.1 Å². The van der Waals surface area contributed by atoms with E-state index < -0.39 is 0 Å². The zero-order valence-electron chi connectivity index (χ0n) is 12.5. The Morgan fingerprint density at radius 2 is 1.89 bits per heavy atom. The third-order valence-corrected chi connectivity index (χ3v) is 4.47. The molecular formula is C16H25FN2. The summed E-state index contributed by atoms with van der Waals surface area (Å²) in [5.74, 6) is -0.155. The minimum absolute atomic E-state index is 0.0101. The van der Waals surface area contributed by atoms with Gasteiger partial charge in [0.25, 0.3) is 0 Å². The molecule has 1 heterocycles. The van der Waals surface area contributed by atoms with Gasteiger partial charge in [-0.15, -0.1) is 0 Å². The summed E-state index contributed by atoms with van der Waals surface area (Å²) in [7, 11) is 1.97. The normalized spacial score (nSPS) is 18.8. The number of hydrogen-bond donors (Lipinski definition) is 1. The van der Waals surface area contributed by atoms with Crippen molar-refractivity contribution in [3.63, 3.8) is 0 Å². The maximum Gasteiger partial charge on any atom is 0.123 e. The highest BCUT2D eigenvalue weighted by atomic mass is 19.1. The van der Waals surface area contributed by atoms with Gasteiger partial charge in [0.15, 0.2) is 0 Å². The zero-order valence-corrected chi connectivity index (χ0v) is 12.5. The Morgan fingerprint density at radius 3 is 2.47 bits per heavy atom. The van der Waals surface area contributed by atoms with Gasteiger partial charge >= 0.3 is 0 Å². The molecule has 0 aliphatic carbocycles. The molecule has 0 amide bonds. The van der Waals surface area contributed by atoms with E-state index in [-0.39, 0.29) is 17.4 Å². The number of likely N-dealkylation sites (tertiary alicyclic amines) is 1. The molecule has 106 valence electrons. The molecule has 1 aromatic rings. The number of aryl methyl sites for hydroxylation is 1. The molecule has 0 aromatic heterocycles. The van der Waals surface area contributed by atoms with Crippen LogP contribution in [0.3, 0.4) is 0 Å². The number of nitrogens with zero attached hydrogens (tertiary/aromatic N) is 1. The van der Waals surface area contributed by atoms with Gasteiger partial charge in [-0.05, 0) is 77.0 Å². The van der Waals surface area contributed by atoms with Crippen LogP contribution in [0.1, 0.15) is 43.9 Å². The van der Waals surface area contributed by atoms with E-state index in [1.54, 1.807) is 6.07 Å². The lowest BCUT2D eigenvalue weighted by Crippen LogP contribution is -2.51. The molecule has 2 rings (SSSR count). The molecule has 1 N–H and O–H groups in total. The standard InChI is InChI=1S/C16H25FN2/c1-12-7-8-13(17)11-14(12)15(18-4)16(2,3)19-9-5-6-10-19/h7-8,11,15,18H,5-6,9-10H2,1-4H3. The predicted molar refractivity (Wildman–Crippen MR) is 77.8 cm³/mol. The average molecular weight is 264 g/mol. The van der Waals surface area contributed by atoms with E-state index in [1.165, 1.54) is 18.9 Å². The summed E-state index contributed by atoms with van der Waals surface area (Å²) in [5.41, 5.74) is 2.21. The van der Waals surface area contributed by atoms with E-state index in [9.17, 15) is 4.39 Å². The van der Waals surface area contributed by atoms with Crippen molar-refractivity contribution in [3.05, 3.63) is 35.1 Å². The Morgan fingerprint density at radius 1 is 1.26 bits per heavy atom. The van der Waals surface area contributed by atoms with Crippen LogP contribution in [0.5, 0.6) is 0 Å². The van der Waals surface area contributed by atoms with Crippen molar-refractivity contribution in [1.82, 2.24) is 10.2 Å². The molecule has 0 saturated carbocycles. The van der Waals surface area contributed by atoms with Crippen LogP contribution in [0, 0.1) is 12.7 Å². The summed E-state index contributed by atoms with van der Waals surface area (Å²) in [6.45, 7) is 8.84. The number of benzene rings is 1. The van der Waals surface area contributed by atoms with Crippen LogP contribution in [0.4, 0.5) is 4.39 Å². The topological polar surface area (TPSA) is 15.3 Å². The SMILES string of the molecule is CNC(c1cc(F)ccc1C)C(C)(C)N1CCCC1. The lowest BCUT2D eigenvalue weighted by molar-refractivity contribution is 0.110. The molecule has 1 aliphatic rings. The molecule has 19 heavy (non-hydrogen) atoms. The number of halogens is 1. The largest absolute Gasteiger partial charge is 0.311 e. The maximum atomic E-state index is 13.6. The first kappa shape index (κ1) is 14.5. The second-order valence-electron chi connectivity index (χ2n) is 6.07. The Bertz CT molecular complexity index is 436. The van der Waals surface area contributed by atoms with Gasteiger partial charge in [0.1, 0.15) is 5.82 Å². The molecule has 3 heteroatoms. The fraction of sp³-hybridized carbons (Fsp3) is 0.625. The Balaban J connectivity index is 2.35. The number of likely N-dealkylation sites (N-methyl/N-ethyl adjacent to an activating group) is 1. The summed E-state index contributed by atoms with van der Waals surface area (Å²) >= 11 is 0. The second kappa shape index (κ2) is 5.59. The first-order valence-corrected chi connectivity index (χ1v) is 7.15. The molecule has 0 radical (unpaired) electrons. The fourth-order valence-corrected chi connectivity index (χ4v) is 3.29. The summed E-state index contributed by atoms with van der Waals surface area (Å²) in [6, 6.07) is 5.22. The third kappa shape index (κ3) is 2.82. The molecule has 2 nitrogen and oxygen atoms in total. The van der Waals surface area contributed by atoms with Gasteiger partial charge in [0, 0.05) is 5.54 Å². The first-order valence-electron chi connectivity index (χ1n) is 7.15. The van der Waals surface area contributed by atoms with Gasteiger partial charge in [-0.1, -0.05) is 6.07 Å². The van der Waals surface area contributed by atoms with Gasteiger partial charge in [0.2, 0.25) is 0 Å². The molecule has 0 spiro atoms. The van der Waals surface area contributed by atoms with Crippen LogP contribution < -0.4 is 5.32 Å². The minimum atomic E-state index is -0.155. The van der Waals surface area contributed by atoms with Gasteiger partial charge in [-0.3, -0.25) is 4.90 Å². The summed E-state index contributed by atoms with van der Waals surface area (Å²) in [4.78, 5) is 2.51. The Kier molecular flexibility index (Phi) is 4.26. The van der Waals surface area contributed by atoms with E-state index in [0.29, 0.717) is 0 Å². The van der Waals surface area contributed by atoms with Crippen molar-refractivity contribution < 1.29 is 4.39 Å². The molecular weight excluding hydrogens is 239 g/mol. The lowest BCUT2D eigenvalue weighted by atomic mass is 9.85. The minimum Gasteiger partial charge on any atom is -0.311 e. The highest BCUT2D eigenvalue weighted by molar-refractivity contribution is 5.32. The van der Waals surface area contributed by atoms with Crippen molar-refractivity contribution in [2.24, 2.45) is 0 Å². The van der Waals surface area contributed by atoms with E-state index >= 15 is 0 Å². The quantitative estimate of drug-likeness (QED) is 0.898. The highest BCUT2D eigenvalue weighted by Crippen LogP contribution is 2.34. The van der Waals surface area contributed by atoms with Crippen molar-refractivity contribution in [1.29, 1.82) is 0 Å². The second-order valence-corrected chi connectivity index (χ2v) is 6.07. The van der Waals surface area contributed by atoms with Crippen LogP contribution in [-0.4, -0.2) is 30.6 Å². The molecule has 0 bridgehead atoms. The Labute approximate surface area is 116 Å². The molecule has 1 saturated heterocycles. The van der Waals surface area contributed by atoms with Gasteiger partial charge in [0.05, 0.1) is 6.04 Å².